The van der Waals surface area contributed by atoms with Crippen LogP contribution in [0.15, 0.2) is 29.3 Å². The highest BCUT2D eigenvalue weighted by molar-refractivity contribution is 5.75. The van der Waals surface area contributed by atoms with Crippen LogP contribution in [0.25, 0.3) is 0 Å². The lowest BCUT2D eigenvalue weighted by molar-refractivity contribution is 0.106. The van der Waals surface area contributed by atoms with Crippen molar-refractivity contribution >= 4 is 11.9 Å². The molecule has 10 nitrogen and oxygen atoms in total. The predicted octanol–water partition coefficient (Wildman–Crippen LogP) is 7.58. The maximum atomic E-state index is 10.6. The largest absolute Gasteiger partial charge is 0.390 e. The lowest BCUT2D eigenvalue weighted by Gasteiger charge is -2.27. The van der Waals surface area contributed by atoms with Gasteiger partial charge in [-0.25, -0.2) is 0 Å². The van der Waals surface area contributed by atoms with Crippen molar-refractivity contribution in [3.63, 3.8) is 0 Å². The highest BCUT2D eigenvalue weighted by Gasteiger charge is 2.14. The SMILES string of the molecule is CCC=CCCCCCCCCN(CCCCN(CCCCCCCCC=CCCCCCCCC)CC(O)CN=C(N)N)CC(O)CNC(=N)N. The van der Waals surface area contributed by atoms with Crippen LogP contribution in [0.2, 0.25) is 0 Å². The summed E-state index contributed by atoms with van der Waals surface area (Å²) in [5, 5.41) is 31.4. The molecule has 0 bridgehead atoms. The van der Waals surface area contributed by atoms with Crippen LogP contribution in [0.3, 0.4) is 0 Å². The van der Waals surface area contributed by atoms with Gasteiger partial charge in [0.05, 0.1) is 18.8 Å². The monoisotopic (exact) mass is 735 g/mol. The lowest BCUT2D eigenvalue weighted by Crippen LogP contribution is -2.42. The van der Waals surface area contributed by atoms with Crippen molar-refractivity contribution in [2.24, 2.45) is 22.2 Å². The Balaban J connectivity index is 4.57. The number of guanidine groups is 2. The number of aliphatic hydroxyl groups is 2. The minimum Gasteiger partial charge on any atom is -0.390 e. The molecule has 0 fully saturated rings. The molecule has 0 aromatic carbocycles. The molecule has 2 atom stereocenters. The summed E-state index contributed by atoms with van der Waals surface area (Å²) in [6.45, 7) is 9.86. The van der Waals surface area contributed by atoms with E-state index in [0.29, 0.717) is 13.1 Å². The van der Waals surface area contributed by atoms with Crippen LogP contribution in [0, 0.1) is 5.41 Å². The number of rotatable bonds is 39. The molecule has 10 heteroatoms. The fourth-order valence-corrected chi connectivity index (χ4v) is 6.59. The molecule has 0 saturated heterocycles. The van der Waals surface area contributed by atoms with Gasteiger partial charge in [0.1, 0.15) is 0 Å². The molecule has 306 valence electrons. The van der Waals surface area contributed by atoms with Crippen molar-refractivity contribution in [2.45, 2.75) is 180 Å². The fraction of sp³-hybridized carbons (Fsp3) is 0.857. The number of nitrogens with two attached hydrogens (primary N) is 3. The van der Waals surface area contributed by atoms with Crippen LogP contribution in [-0.4, -0.2) is 96.5 Å². The molecule has 0 aromatic rings. The third-order valence-corrected chi connectivity index (χ3v) is 9.63. The van der Waals surface area contributed by atoms with E-state index < -0.39 is 12.2 Å². The van der Waals surface area contributed by atoms with Crippen molar-refractivity contribution in [3.8, 4) is 0 Å². The van der Waals surface area contributed by atoms with Crippen molar-refractivity contribution in [1.82, 2.24) is 15.1 Å². The first-order valence-electron chi connectivity index (χ1n) is 21.5. The smallest absolute Gasteiger partial charge is 0.185 e. The minimum atomic E-state index is -0.593. The average molecular weight is 735 g/mol. The van der Waals surface area contributed by atoms with Crippen LogP contribution in [0.1, 0.15) is 168 Å². The summed E-state index contributed by atoms with van der Waals surface area (Å²) in [5.41, 5.74) is 16.5. The van der Waals surface area contributed by atoms with Gasteiger partial charge in [0.25, 0.3) is 0 Å². The van der Waals surface area contributed by atoms with E-state index in [1.165, 1.54) is 122 Å². The predicted molar refractivity (Wildman–Crippen MR) is 226 cm³/mol. The van der Waals surface area contributed by atoms with Gasteiger partial charge in [0.15, 0.2) is 11.9 Å². The average Bonchev–Trinajstić information content (AvgIpc) is 3.11. The van der Waals surface area contributed by atoms with E-state index in [1.54, 1.807) is 0 Å². The summed E-state index contributed by atoms with van der Waals surface area (Å²) in [7, 11) is 0. The van der Waals surface area contributed by atoms with Crippen LogP contribution >= 0.6 is 0 Å². The number of nitrogens with zero attached hydrogens (tertiary/aromatic N) is 3. The number of aliphatic imine (C=N–C) groups is 1. The quantitative estimate of drug-likeness (QED) is 0.0147. The molecule has 0 aromatic heterocycles. The Hall–Kier alpha value is -2.14. The minimum absolute atomic E-state index is 0.0134. The second kappa shape index (κ2) is 38.6. The fourth-order valence-electron chi connectivity index (χ4n) is 6.59. The van der Waals surface area contributed by atoms with E-state index in [4.69, 9.17) is 22.6 Å². The zero-order valence-corrected chi connectivity index (χ0v) is 34.1. The van der Waals surface area contributed by atoms with Crippen molar-refractivity contribution in [3.05, 3.63) is 24.3 Å². The van der Waals surface area contributed by atoms with Gasteiger partial charge in [-0.3, -0.25) is 10.4 Å². The summed E-state index contributed by atoms with van der Waals surface area (Å²) < 4.78 is 0. The third kappa shape index (κ3) is 37.6. The van der Waals surface area contributed by atoms with Gasteiger partial charge < -0.3 is 42.5 Å². The molecule has 2 unspecified atom stereocenters. The topological polar surface area (TPSA) is 173 Å². The summed E-state index contributed by atoms with van der Waals surface area (Å²) in [5.74, 6) is -0.0980. The number of hydrogen-bond acceptors (Lipinski definition) is 6. The third-order valence-electron chi connectivity index (χ3n) is 9.63. The Morgan fingerprint density at radius 2 is 0.962 bits per heavy atom. The Labute approximate surface area is 321 Å². The first kappa shape index (κ1) is 49.9. The van der Waals surface area contributed by atoms with Crippen LogP contribution in [0.5, 0.6) is 0 Å². The molecule has 0 aliphatic rings. The summed E-state index contributed by atoms with van der Waals surface area (Å²) in [6.07, 6.45) is 38.1. The molecule has 0 heterocycles. The van der Waals surface area contributed by atoms with Crippen molar-refractivity contribution in [2.75, 3.05) is 52.4 Å². The summed E-state index contributed by atoms with van der Waals surface area (Å²) >= 11 is 0. The molecule has 10 N–H and O–H groups in total. The number of hydrogen-bond donors (Lipinski definition) is 7. The van der Waals surface area contributed by atoms with Gasteiger partial charge in [-0.2, -0.15) is 0 Å². The highest BCUT2D eigenvalue weighted by atomic mass is 16.3. The molecule has 0 aliphatic carbocycles. The maximum Gasteiger partial charge on any atom is 0.185 e. The van der Waals surface area contributed by atoms with E-state index in [9.17, 15) is 10.2 Å². The van der Waals surface area contributed by atoms with Gasteiger partial charge in [-0.05, 0) is 96.8 Å². The molecule has 0 saturated carbocycles. The second-order valence-electron chi connectivity index (χ2n) is 14.9. The molecule has 0 rings (SSSR count). The van der Waals surface area contributed by atoms with E-state index >= 15 is 0 Å². The van der Waals surface area contributed by atoms with Crippen molar-refractivity contribution in [1.29, 1.82) is 5.41 Å². The second-order valence-corrected chi connectivity index (χ2v) is 14.9. The van der Waals surface area contributed by atoms with E-state index in [0.717, 1.165) is 58.3 Å². The van der Waals surface area contributed by atoms with Gasteiger partial charge in [0.2, 0.25) is 0 Å². The standard InChI is InChI=1S/C42H86N8O2/c1-3-5-7-9-11-13-15-16-17-18-19-20-22-24-26-28-32-50(38-40(52)36-48-42(45)46)34-30-29-33-49(37-39(51)35-47-41(43)44)31-27-25-23-21-14-12-10-8-6-4-2/h6,8,16-17,39-40,51-52H,3-5,7,9-15,18-38H2,1-2H3,(H4,43,44,47)(H4,45,46,48). The number of nitrogens with one attached hydrogen (secondary N) is 2. The van der Waals surface area contributed by atoms with Gasteiger partial charge in [-0.15, -0.1) is 0 Å². The van der Waals surface area contributed by atoms with Gasteiger partial charge in [0, 0.05) is 19.6 Å². The van der Waals surface area contributed by atoms with E-state index in [2.05, 4.69) is 58.3 Å². The lowest BCUT2D eigenvalue weighted by atomic mass is 10.1. The summed E-state index contributed by atoms with van der Waals surface area (Å²) in [4.78, 5) is 8.77. The van der Waals surface area contributed by atoms with Gasteiger partial charge >= 0.3 is 0 Å². The molecule has 52 heavy (non-hydrogen) atoms. The molecule has 0 amide bonds. The molecular weight excluding hydrogens is 649 g/mol. The Kier molecular flexibility index (Phi) is 37.0. The zero-order valence-electron chi connectivity index (χ0n) is 34.1. The van der Waals surface area contributed by atoms with E-state index in [1.807, 2.05) is 0 Å². The normalized spacial score (nSPS) is 13.1. The molecule has 0 aliphatic heterocycles. The first-order chi connectivity index (χ1) is 25.3. The Morgan fingerprint density at radius 3 is 1.38 bits per heavy atom. The molecule has 0 radical (unpaired) electrons. The van der Waals surface area contributed by atoms with Crippen LogP contribution in [-0.2, 0) is 0 Å². The first-order valence-corrected chi connectivity index (χ1v) is 21.5. The molecule has 0 spiro atoms. The number of aliphatic hydroxyl groups excluding tert-OH is 2. The zero-order chi connectivity index (χ0) is 38.3. The maximum absolute atomic E-state index is 10.6. The highest BCUT2D eigenvalue weighted by Crippen LogP contribution is 2.12. The number of allylic oxidation sites excluding steroid dienone is 4. The van der Waals surface area contributed by atoms with Crippen LogP contribution < -0.4 is 22.5 Å². The van der Waals surface area contributed by atoms with Crippen LogP contribution in [0.4, 0.5) is 0 Å². The Bertz CT molecular complexity index is 865. The van der Waals surface area contributed by atoms with Gasteiger partial charge in [-0.1, -0.05) is 122 Å². The Morgan fingerprint density at radius 1 is 0.577 bits per heavy atom. The van der Waals surface area contributed by atoms with E-state index in [-0.39, 0.29) is 25.0 Å². The van der Waals surface area contributed by atoms with Crippen molar-refractivity contribution < 1.29 is 10.2 Å². The number of unbranched alkanes of at least 4 members (excludes halogenated alkanes) is 19. The molecular formula is C42H86N8O2. The summed E-state index contributed by atoms with van der Waals surface area (Å²) in [6, 6.07) is 0.